The molecule has 1 N–H and O–H groups in total. The normalized spacial score (nSPS) is 11.2. The Morgan fingerprint density at radius 3 is 2.58 bits per heavy atom. The van der Waals surface area contributed by atoms with Gasteiger partial charge in [0.25, 0.3) is 5.56 Å². The average molecular weight is 375 g/mol. The topological polar surface area (TPSA) is 73.2 Å². The lowest BCUT2D eigenvalue weighted by atomic mass is 10.1. The highest BCUT2D eigenvalue weighted by Gasteiger charge is 2.19. The number of nitrogens with one attached hydrogen (secondary N) is 1. The summed E-state index contributed by atoms with van der Waals surface area (Å²) in [5.74, 6) is -0.210. The molecule has 0 aliphatic rings. The fraction of sp³-hybridized carbons (Fsp3) is 0.421. The van der Waals surface area contributed by atoms with Crippen LogP contribution < -0.4 is 10.9 Å². The summed E-state index contributed by atoms with van der Waals surface area (Å²) >= 11 is 1.36. The number of rotatable bonds is 7. The first-order chi connectivity index (χ1) is 12.3. The molecule has 1 heterocycles. The third-order valence-electron chi connectivity index (χ3n) is 3.48. The molecule has 7 heteroatoms. The summed E-state index contributed by atoms with van der Waals surface area (Å²) in [5, 5.41) is 3.69. The predicted molar refractivity (Wildman–Crippen MR) is 105 cm³/mol. The fourth-order valence-electron chi connectivity index (χ4n) is 2.38. The first kappa shape index (κ1) is 20.0. The van der Waals surface area contributed by atoms with E-state index in [0.29, 0.717) is 11.6 Å². The number of nitrogens with zero attached hydrogens (tertiary/aromatic N) is 2. The minimum Gasteiger partial charge on any atom is -0.459 e. The molecule has 1 aromatic carbocycles. The van der Waals surface area contributed by atoms with Crippen molar-refractivity contribution in [2.45, 2.75) is 44.4 Å². The maximum atomic E-state index is 12.7. The van der Waals surface area contributed by atoms with Crippen LogP contribution in [0.5, 0.6) is 0 Å². The molecule has 0 fully saturated rings. The Bertz CT molecular complexity index is 798. The van der Waals surface area contributed by atoms with Crippen molar-refractivity contribution in [1.29, 1.82) is 0 Å². The van der Waals surface area contributed by atoms with Gasteiger partial charge in [-0.2, -0.15) is 0 Å². The van der Waals surface area contributed by atoms with E-state index in [4.69, 9.17) is 4.74 Å². The Kier molecular flexibility index (Phi) is 6.85. The maximum absolute atomic E-state index is 12.7. The van der Waals surface area contributed by atoms with Crippen LogP contribution in [-0.2, 0) is 22.5 Å². The maximum Gasteiger partial charge on any atom is 0.326 e. The van der Waals surface area contributed by atoms with Crippen LogP contribution in [-0.4, -0.2) is 33.9 Å². The van der Waals surface area contributed by atoms with Gasteiger partial charge in [0, 0.05) is 6.54 Å². The molecule has 0 radical (unpaired) electrons. The molecular formula is C19H25N3O3S. The number of esters is 1. The summed E-state index contributed by atoms with van der Waals surface area (Å²) in [6.07, 6.45) is 4.21. The highest BCUT2D eigenvalue weighted by atomic mass is 32.2. The van der Waals surface area contributed by atoms with Gasteiger partial charge in [0.05, 0.1) is 11.2 Å². The minimum atomic E-state index is -0.593. The van der Waals surface area contributed by atoms with Gasteiger partial charge in [-0.05, 0) is 39.0 Å². The lowest BCUT2D eigenvalue weighted by Gasteiger charge is -2.20. The van der Waals surface area contributed by atoms with Gasteiger partial charge in [0.15, 0.2) is 5.82 Å². The van der Waals surface area contributed by atoms with E-state index in [0.717, 1.165) is 6.42 Å². The van der Waals surface area contributed by atoms with Crippen molar-refractivity contribution in [3.8, 4) is 0 Å². The number of anilines is 1. The van der Waals surface area contributed by atoms with Crippen molar-refractivity contribution in [1.82, 2.24) is 9.55 Å². The number of carbonyl (C=O) groups excluding carboxylic acids is 1. The van der Waals surface area contributed by atoms with Gasteiger partial charge in [-0.1, -0.05) is 30.3 Å². The Morgan fingerprint density at radius 1 is 1.27 bits per heavy atom. The zero-order chi connectivity index (χ0) is 19.2. The highest BCUT2D eigenvalue weighted by molar-refractivity contribution is 7.98. The Balaban J connectivity index is 2.11. The van der Waals surface area contributed by atoms with E-state index in [1.165, 1.54) is 21.9 Å². The van der Waals surface area contributed by atoms with Gasteiger partial charge in [-0.25, -0.2) is 4.98 Å². The second kappa shape index (κ2) is 8.89. The summed E-state index contributed by atoms with van der Waals surface area (Å²) in [6, 6.07) is 10.00. The molecule has 0 unspecified atom stereocenters. The first-order valence-electron chi connectivity index (χ1n) is 8.43. The summed E-state index contributed by atoms with van der Waals surface area (Å²) in [4.78, 5) is 29.0. The third-order valence-corrected chi connectivity index (χ3v) is 4.23. The molecule has 0 aliphatic carbocycles. The van der Waals surface area contributed by atoms with E-state index in [9.17, 15) is 9.59 Å². The molecule has 26 heavy (non-hydrogen) atoms. The molecule has 0 saturated heterocycles. The highest BCUT2D eigenvalue weighted by Crippen LogP contribution is 2.14. The van der Waals surface area contributed by atoms with Crippen molar-refractivity contribution in [2.24, 2.45) is 0 Å². The lowest BCUT2D eigenvalue weighted by molar-refractivity contribution is -0.155. The van der Waals surface area contributed by atoms with Crippen LogP contribution in [0, 0.1) is 0 Å². The van der Waals surface area contributed by atoms with Gasteiger partial charge in [0.1, 0.15) is 12.1 Å². The zero-order valence-electron chi connectivity index (χ0n) is 15.6. The van der Waals surface area contributed by atoms with Crippen LogP contribution in [0.1, 0.15) is 26.3 Å². The number of thioether (sulfide) groups is 1. The summed E-state index contributed by atoms with van der Waals surface area (Å²) in [5.41, 5.74) is 0.259. The van der Waals surface area contributed by atoms with Crippen molar-refractivity contribution >= 4 is 23.5 Å². The van der Waals surface area contributed by atoms with Gasteiger partial charge in [0.2, 0.25) is 0 Å². The molecule has 0 amide bonds. The van der Waals surface area contributed by atoms with Crippen LogP contribution in [0.15, 0.2) is 46.3 Å². The second-order valence-electron chi connectivity index (χ2n) is 6.79. The van der Waals surface area contributed by atoms with Crippen LogP contribution in [0.3, 0.4) is 0 Å². The van der Waals surface area contributed by atoms with Crippen molar-refractivity contribution < 1.29 is 9.53 Å². The smallest absolute Gasteiger partial charge is 0.326 e. The molecule has 1 aromatic heterocycles. The van der Waals surface area contributed by atoms with Gasteiger partial charge in [-0.15, -0.1) is 11.8 Å². The van der Waals surface area contributed by atoms with E-state index in [2.05, 4.69) is 10.3 Å². The summed E-state index contributed by atoms with van der Waals surface area (Å²) in [6.45, 7) is 5.84. The van der Waals surface area contributed by atoms with Crippen molar-refractivity contribution in [2.75, 3.05) is 18.1 Å². The van der Waals surface area contributed by atoms with Gasteiger partial charge < -0.3 is 10.1 Å². The SMILES string of the molecule is CSc1cnc(NCCc2ccccc2)c(=O)n1CC(=O)OC(C)(C)C. The Hall–Kier alpha value is -2.28. The van der Waals surface area contributed by atoms with Crippen molar-refractivity contribution in [3.63, 3.8) is 0 Å². The molecule has 0 spiro atoms. The molecule has 2 rings (SSSR count). The average Bonchev–Trinajstić information content (AvgIpc) is 2.57. The minimum absolute atomic E-state index is 0.137. The first-order valence-corrected chi connectivity index (χ1v) is 9.66. The largest absolute Gasteiger partial charge is 0.459 e. The fourth-order valence-corrected chi connectivity index (χ4v) is 2.91. The number of aromatic nitrogens is 2. The monoisotopic (exact) mass is 375 g/mol. The lowest BCUT2D eigenvalue weighted by Crippen LogP contribution is -2.33. The molecular weight excluding hydrogens is 350 g/mol. The third kappa shape index (κ3) is 5.91. The molecule has 0 bridgehead atoms. The van der Waals surface area contributed by atoms with Gasteiger partial charge in [-0.3, -0.25) is 14.2 Å². The van der Waals surface area contributed by atoms with Crippen LogP contribution in [0.4, 0.5) is 5.82 Å². The molecule has 0 atom stereocenters. The molecule has 6 nitrogen and oxygen atoms in total. The molecule has 0 saturated carbocycles. The zero-order valence-corrected chi connectivity index (χ0v) is 16.4. The molecule has 140 valence electrons. The van der Waals surface area contributed by atoms with Crippen LogP contribution >= 0.6 is 11.8 Å². The number of benzene rings is 1. The van der Waals surface area contributed by atoms with E-state index in [1.807, 2.05) is 36.6 Å². The van der Waals surface area contributed by atoms with E-state index in [1.54, 1.807) is 27.0 Å². The Morgan fingerprint density at radius 2 is 1.96 bits per heavy atom. The standard InChI is InChI=1S/C19H25N3O3S/c1-19(2,3)25-16(23)13-22-15(26-4)12-21-17(18(22)24)20-11-10-14-8-6-5-7-9-14/h5-9,12H,10-11,13H2,1-4H3,(H,20,21). The summed E-state index contributed by atoms with van der Waals surface area (Å²) < 4.78 is 6.73. The van der Waals surface area contributed by atoms with Crippen LogP contribution in [0.25, 0.3) is 0 Å². The number of carbonyl (C=O) groups is 1. The number of ether oxygens (including phenoxy) is 1. The van der Waals surface area contributed by atoms with Crippen LogP contribution in [0.2, 0.25) is 0 Å². The number of hydrogen-bond acceptors (Lipinski definition) is 6. The van der Waals surface area contributed by atoms with Gasteiger partial charge >= 0.3 is 5.97 Å². The van der Waals surface area contributed by atoms with E-state index < -0.39 is 11.6 Å². The quantitative estimate of drug-likeness (QED) is 0.592. The summed E-state index contributed by atoms with van der Waals surface area (Å²) in [7, 11) is 0. The Labute approximate surface area is 158 Å². The number of hydrogen-bond donors (Lipinski definition) is 1. The van der Waals surface area contributed by atoms with E-state index >= 15 is 0 Å². The van der Waals surface area contributed by atoms with E-state index in [-0.39, 0.29) is 17.9 Å². The van der Waals surface area contributed by atoms with Crippen molar-refractivity contribution in [3.05, 3.63) is 52.4 Å². The second-order valence-corrected chi connectivity index (χ2v) is 7.62. The predicted octanol–water partition coefficient (Wildman–Crippen LogP) is 2.96. The molecule has 2 aromatic rings. The molecule has 0 aliphatic heterocycles.